The van der Waals surface area contributed by atoms with Crippen LogP contribution in [-0.4, -0.2) is 24.3 Å². The van der Waals surface area contributed by atoms with E-state index in [1.807, 2.05) is 6.92 Å². The molecule has 0 spiro atoms. The average Bonchev–Trinajstić information content (AvgIpc) is 1.87. The predicted molar refractivity (Wildman–Crippen MR) is 47.2 cm³/mol. The van der Waals surface area contributed by atoms with E-state index in [4.69, 9.17) is 5.11 Å². The van der Waals surface area contributed by atoms with Gasteiger partial charge in [-0.3, -0.25) is 0 Å². The normalized spacial score (nSPS) is 13.1. The highest BCUT2D eigenvalue weighted by atomic mass is 79.9. The number of rotatable bonds is 5. The molecule has 0 unspecified atom stereocenters. The van der Waals surface area contributed by atoms with Crippen LogP contribution in [0.3, 0.4) is 0 Å². The van der Waals surface area contributed by atoms with Gasteiger partial charge in [-0.05, 0) is 6.42 Å². The number of hydrogen-bond acceptors (Lipinski definition) is 2. The number of hydrogen-bond donors (Lipinski definition) is 2. The third-order valence-electron chi connectivity index (χ3n) is 1.17. The molecule has 0 fully saturated rings. The Bertz CT molecular complexity index is 106. The number of aliphatic hydroxyl groups is 1. The Balaban J connectivity index is 3.11. The first-order valence-corrected chi connectivity index (χ1v) is 4.18. The fourth-order valence-corrected chi connectivity index (χ4v) is 0.717. The average molecular weight is 208 g/mol. The highest BCUT2D eigenvalue weighted by Gasteiger charge is 1.97. The largest absolute Gasteiger partial charge is 0.392 e. The van der Waals surface area contributed by atoms with Crippen LogP contribution in [0, 0.1) is 0 Å². The fourth-order valence-electron chi connectivity index (χ4n) is 0.519. The Hall–Kier alpha value is 0.140. The molecule has 2 nitrogen and oxygen atoms in total. The van der Waals surface area contributed by atoms with Crippen LogP contribution in [0.5, 0.6) is 0 Å². The van der Waals surface area contributed by atoms with Gasteiger partial charge in [0.2, 0.25) is 0 Å². The van der Waals surface area contributed by atoms with Gasteiger partial charge in [-0.1, -0.05) is 29.4 Å². The predicted octanol–water partition coefficient (Wildman–Crippen LogP) is 1.26. The lowest BCUT2D eigenvalue weighted by atomic mass is 10.3. The van der Waals surface area contributed by atoms with E-state index in [0.29, 0.717) is 6.54 Å². The fraction of sp³-hybridized carbons (Fsp3) is 0.714. The summed E-state index contributed by atoms with van der Waals surface area (Å²) in [6.07, 6.45) is 0.564. The minimum absolute atomic E-state index is 0.230. The second-order valence-corrected chi connectivity index (χ2v) is 3.33. The maximum Gasteiger partial charge on any atom is 0.0662 e. The maximum atomic E-state index is 9.06. The Labute approximate surface area is 70.5 Å². The van der Waals surface area contributed by atoms with Crippen molar-refractivity contribution in [3.8, 4) is 0 Å². The minimum Gasteiger partial charge on any atom is -0.392 e. The summed E-state index contributed by atoms with van der Waals surface area (Å²) in [5.74, 6) is 0. The molecule has 2 N–H and O–H groups in total. The van der Waals surface area contributed by atoms with Crippen molar-refractivity contribution in [2.75, 3.05) is 13.1 Å². The minimum atomic E-state index is -0.230. The molecular weight excluding hydrogens is 194 g/mol. The second-order valence-electron chi connectivity index (χ2n) is 2.21. The van der Waals surface area contributed by atoms with E-state index in [9.17, 15) is 0 Å². The summed E-state index contributed by atoms with van der Waals surface area (Å²) >= 11 is 3.21. The molecule has 1 atom stereocenters. The SMILES string of the molecule is C=C(Br)CNC[C@H](O)CC. The van der Waals surface area contributed by atoms with Gasteiger partial charge in [-0.15, -0.1) is 0 Å². The molecule has 0 aromatic carbocycles. The van der Waals surface area contributed by atoms with Gasteiger partial charge < -0.3 is 10.4 Å². The summed E-state index contributed by atoms with van der Waals surface area (Å²) in [5, 5.41) is 12.1. The second kappa shape index (κ2) is 5.89. The zero-order chi connectivity index (χ0) is 7.98. The molecule has 3 heteroatoms. The van der Waals surface area contributed by atoms with Gasteiger partial charge in [-0.25, -0.2) is 0 Å². The van der Waals surface area contributed by atoms with Gasteiger partial charge in [0.15, 0.2) is 0 Å². The summed E-state index contributed by atoms with van der Waals surface area (Å²) in [5.41, 5.74) is 0. The van der Waals surface area contributed by atoms with Gasteiger partial charge >= 0.3 is 0 Å². The van der Waals surface area contributed by atoms with E-state index in [0.717, 1.165) is 17.4 Å². The van der Waals surface area contributed by atoms with Crippen LogP contribution >= 0.6 is 15.9 Å². The summed E-state index contributed by atoms with van der Waals surface area (Å²) in [6.45, 7) is 6.96. The van der Waals surface area contributed by atoms with E-state index in [1.54, 1.807) is 0 Å². The molecule has 0 radical (unpaired) electrons. The first-order chi connectivity index (χ1) is 4.66. The third-order valence-corrected chi connectivity index (χ3v) is 1.45. The molecule has 0 aliphatic carbocycles. The van der Waals surface area contributed by atoms with Crippen molar-refractivity contribution >= 4 is 15.9 Å². The molecule has 60 valence electrons. The topological polar surface area (TPSA) is 32.3 Å². The highest BCUT2D eigenvalue weighted by Crippen LogP contribution is 1.96. The molecule has 0 bridgehead atoms. The Morgan fingerprint density at radius 3 is 2.80 bits per heavy atom. The van der Waals surface area contributed by atoms with E-state index < -0.39 is 0 Å². The van der Waals surface area contributed by atoms with Crippen molar-refractivity contribution in [1.29, 1.82) is 0 Å². The zero-order valence-electron chi connectivity index (χ0n) is 6.23. The van der Waals surface area contributed by atoms with Gasteiger partial charge in [0.1, 0.15) is 0 Å². The lowest BCUT2D eigenvalue weighted by Gasteiger charge is -2.07. The molecule has 0 aliphatic rings. The molecule has 0 saturated carbocycles. The van der Waals surface area contributed by atoms with Crippen molar-refractivity contribution in [2.24, 2.45) is 0 Å². The van der Waals surface area contributed by atoms with E-state index in [-0.39, 0.29) is 6.10 Å². The first-order valence-electron chi connectivity index (χ1n) is 3.38. The Morgan fingerprint density at radius 1 is 1.80 bits per heavy atom. The third kappa shape index (κ3) is 6.26. The molecule has 0 rings (SSSR count). The van der Waals surface area contributed by atoms with Crippen molar-refractivity contribution < 1.29 is 5.11 Å². The standard InChI is InChI=1S/C7H14BrNO/c1-3-7(10)5-9-4-6(2)8/h7,9-10H,2-5H2,1H3/t7-/m1/s1. The number of aliphatic hydroxyl groups excluding tert-OH is 1. The molecule has 0 saturated heterocycles. The van der Waals surface area contributed by atoms with Gasteiger partial charge in [-0.2, -0.15) is 0 Å². The van der Waals surface area contributed by atoms with E-state index in [1.165, 1.54) is 0 Å². The van der Waals surface area contributed by atoms with Crippen LogP contribution in [0.25, 0.3) is 0 Å². The molecule has 0 aromatic rings. The van der Waals surface area contributed by atoms with Crippen molar-refractivity contribution in [1.82, 2.24) is 5.32 Å². The van der Waals surface area contributed by atoms with Gasteiger partial charge in [0.25, 0.3) is 0 Å². The van der Waals surface area contributed by atoms with Crippen molar-refractivity contribution in [3.05, 3.63) is 11.1 Å². The van der Waals surface area contributed by atoms with Crippen molar-refractivity contribution in [3.63, 3.8) is 0 Å². The van der Waals surface area contributed by atoms with E-state index in [2.05, 4.69) is 27.8 Å². The lowest BCUT2D eigenvalue weighted by molar-refractivity contribution is 0.169. The summed E-state index contributed by atoms with van der Waals surface area (Å²) in [7, 11) is 0. The quantitative estimate of drug-likeness (QED) is 0.712. The van der Waals surface area contributed by atoms with Crippen molar-refractivity contribution in [2.45, 2.75) is 19.4 Å². The van der Waals surface area contributed by atoms with Crippen LogP contribution in [0.1, 0.15) is 13.3 Å². The maximum absolute atomic E-state index is 9.06. The van der Waals surface area contributed by atoms with Crippen LogP contribution < -0.4 is 5.32 Å². The van der Waals surface area contributed by atoms with Crippen LogP contribution in [0.2, 0.25) is 0 Å². The summed E-state index contributed by atoms with van der Waals surface area (Å²) in [6, 6.07) is 0. The Kier molecular flexibility index (Phi) is 5.97. The zero-order valence-corrected chi connectivity index (χ0v) is 7.82. The van der Waals surface area contributed by atoms with Gasteiger partial charge in [0.05, 0.1) is 6.10 Å². The Morgan fingerprint density at radius 2 is 2.40 bits per heavy atom. The molecule has 0 aliphatic heterocycles. The van der Waals surface area contributed by atoms with Crippen LogP contribution in [-0.2, 0) is 0 Å². The molecular formula is C7H14BrNO. The van der Waals surface area contributed by atoms with E-state index >= 15 is 0 Å². The first kappa shape index (κ1) is 10.1. The van der Waals surface area contributed by atoms with Crippen LogP contribution in [0.4, 0.5) is 0 Å². The smallest absolute Gasteiger partial charge is 0.0662 e. The van der Waals surface area contributed by atoms with Gasteiger partial charge in [0, 0.05) is 17.6 Å². The highest BCUT2D eigenvalue weighted by molar-refractivity contribution is 9.11. The molecule has 0 aromatic heterocycles. The van der Waals surface area contributed by atoms with Crippen LogP contribution in [0.15, 0.2) is 11.1 Å². The number of nitrogens with one attached hydrogen (secondary N) is 1. The molecule has 0 heterocycles. The summed E-state index contributed by atoms with van der Waals surface area (Å²) in [4.78, 5) is 0. The molecule has 10 heavy (non-hydrogen) atoms. The monoisotopic (exact) mass is 207 g/mol. The lowest BCUT2D eigenvalue weighted by Crippen LogP contribution is -2.26. The summed E-state index contributed by atoms with van der Waals surface area (Å²) < 4.78 is 0.913. The molecule has 0 amide bonds. The number of halogens is 1.